The fraction of sp³-hybridized carbons (Fsp3) is 0.316. The minimum Gasteiger partial charge on any atom is -0.481 e. The quantitative estimate of drug-likeness (QED) is 0.739. The van der Waals surface area contributed by atoms with E-state index in [0.29, 0.717) is 23.0 Å². The lowest BCUT2D eigenvalue weighted by Gasteiger charge is -2.25. The number of aliphatic carboxylic acids is 1. The molecule has 0 bridgehead atoms. The Labute approximate surface area is 144 Å². The van der Waals surface area contributed by atoms with Gasteiger partial charge in [0.2, 0.25) is 5.89 Å². The van der Waals surface area contributed by atoms with Crippen LogP contribution >= 0.6 is 0 Å². The zero-order valence-electron chi connectivity index (χ0n) is 13.8. The number of hydrogen-bond acceptors (Lipinski definition) is 4. The average molecular weight is 337 g/mol. The van der Waals surface area contributed by atoms with Crippen LogP contribution < -0.4 is 0 Å². The van der Waals surface area contributed by atoms with Crippen LogP contribution in [0.4, 0.5) is 0 Å². The Morgan fingerprint density at radius 1 is 1.32 bits per heavy atom. The van der Waals surface area contributed by atoms with Crippen molar-refractivity contribution in [2.24, 2.45) is 5.92 Å². The molecule has 1 saturated carbocycles. The largest absolute Gasteiger partial charge is 0.481 e. The summed E-state index contributed by atoms with van der Waals surface area (Å²) in [6.07, 6.45) is 7.16. The molecule has 4 rings (SSSR count). The number of rotatable bonds is 6. The molecule has 2 aromatic heterocycles. The summed E-state index contributed by atoms with van der Waals surface area (Å²) < 4.78 is 7.70. The van der Waals surface area contributed by atoms with E-state index in [4.69, 9.17) is 4.42 Å². The molecule has 0 saturated heterocycles. The van der Waals surface area contributed by atoms with Crippen molar-refractivity contribution >= 4 is 28.7 Å². The van der Waals surface area contributed by atoms with Crippen LogP contribution in [0.2, 0.25) is 0 Å². The fourth-order valence-corrected chi connectivity index (χ4v) is 3.08. The molecule has 1 aromatic carbocycles. The Morgan fingerprint density at radius 3 is 2.88 bits per heavy atom. The van der Waals surface area contributed by atoms with Crippen molar-refractivity contribution in [2.45, 2.75) is 32.2 Å². The monoisotopic (exact) mass is 337 g/mol. The molecule has 0 amide bonds. The number of carbonyl (C=O) groups is 1. The van der Waals surface area contributed by atoms with E-state index in [1.807, 2.05) is 41.1 Å². The van der Waals surface area contributed by atoms with Gasteiger partial charge in [-0.1, -0.05) is 18.6 Å². The highest BCUT2D eigenvalue weighted by molar-refractivity contribution is 5.90. The number of fused-ring (bicyclic) bond motifs is 1. The standard InChI is InChI=1S/C19H19N3O3/c23-18(24)11-14(19-21-16-6-1-2-7-17(16)25-19)10-15-8-9-20-22(15)12-13-4-3-5-13/h1-2,6-10,13H,3-5,11-12H2,(H,23,24)/b14-10+. The van der Waals surface area contributed by atoms with E-state index in [1.165, 1.54) is 19.3 Å². The van der Waals surface area contributed by atoms with Gasteiger partial charge >= 0.3 is 5.97 Å². The van der Waals surface area contributed by atoms with Crippen LogP contribution in [-0.4, -0.2) is 25.8 Å². The molecule has 1 aliphatic rings. The minimum absolute atomic E-state index is 0.151. The summed E-state index contributed by atoms with van der Waals surface area (Å²) in [6.45, 7) is 0.868. The number of carboxylic acids is 1. The predicted molar refractivity (Wildman–Crippen MR) is 93.7 cm³/mol. The Kier molecular flexibility index (Phi) is 4.09. The molecule has 6 nitrogen and oxygen atoms in total. The topological polar surface area (TPSA) is 81.1 Å². The van der Waals surface area contributed by atoms with E-state index in [0.717, 1.165) is 17.8 Å². The summed E-state index contributed by atoms with van der Waals surface area (Å²) in [7, 11) is 0. The Bertz CT molecular complexity index is 901. The average Bonchev–Trinajstić information content (AvgIpc) is 3.16. The Hall–Kier alpha value is -2.89. The summed E-state index contributed by atoms with van der Waals surface area (Å²) in [5.41, 5.74) is 2.79. The second-order valence-corrected chi connectivity index (χ2v) is 6.46. The summed E-state index contributed by atoms with van der Waals surface area (Å²) in [5.74, 6) is 0.0952. The smallest absolute Gasteiger partial charge is 0.308 e. The molecule has 1 N–H and O–H groups in total. The third-order valence-electron chi connectivity index (χ3n) is 4.64. The number of nitrogens with zero attached hydrogens (tertiary/aromatic N) is 3. The van der Waals surface area contributed by atoms with Crippen molar-refractivity contribution in [1.82, 2.24) is 14.8 Å². The highest BCUT2D eigenvalue weighted by Crippen LogP contribution is 2.29. The highest BCUT2D eigenvalue weighted by atomic mass is 16.4. The summed E-state index contributed by atoms with van der Waals surface area (Å²) in [4.78, 5) is 15.7. The van der Waals surface area contributed by atoms with Crippen molar-refractivity contribution in [3.05, 3.63) is 48.1 Å². The molecule has 25 heavy (non-hydrogen) atoms. The minimum atomic E-state index is -0.918. The molecule has 0 radical (unpaired) electrons. The molecule has 2 heterocycles. The van der Waals surface area contributed by atoms with Gasteiger partial charge in [0.1, 0.15) is 5.52 Å². The van der Waals surface area contributed by atoms with Crippen LogP contribution in [0.25, 0.3) is 22.7 Å². The van der Waals surface area contributed by atoms with Gasteiger partial charge in [-0.15, -0.1) is 0 Å². The molecular weight excluding hydrogens is 318 g/mol. The zero-order chi connectivity index (χ0) is 17.2. The summed E-state index contributed by atoms with van der Waals surface area (Å²) in [5, 5.41) is 13.7. The fourth-order valence-electron chi connectivity index (χ4n) is 3.08. The number of aromatic nitrogens is 3. The van der Waals surface area contributed by atoms with Gasteiger partial charge < -0.3 is 9.52 Å². The molecular formula is C19H19N3O3. The van der Waals surface area contributed by atoms with Crippen molar-refractivity contribution in [3.63, 3.8) is 0 Å². The lowest BCUT2D eigenvalue weighted by atomic mass is 9.85. The van der Waals surface area contributed by atoms with Gasteiger partial charge in [-0.3, -0.25) is 9.48 Å². The molecule has 0 unspecified atom stereocenters. The normalized spacial score (nSPS) is 15.4. The second kappa shape index (κ2) is 6.55. The first kappa shape index (κ1) is 15.6. The second-order valence-electron chi connectivity index (χ2n) is 6.46. The zero-order valence-corrected chi connectivity index (χ0v) is 13.8. The van der Waals surface area contributed by atoms with Gasteiger partial charge in [0, 0.05) is 18.3 Å². The number of hydrogen-bond donors (Lipinski definition) is 1. The SMILES string of the molecule is O=C(O)C/C(=C\c1ccnn1CC1CCC1)c1nc2ccccc2o1. The van der Waals surface area contributed by atoms with Gasteiger partial charge in [-0.2, -0.15) is 5.10 Å². The van der Waals surface area contributed by atoms with Crippen LogP contribution in [0.1, 0.15) is 37.3 Å². The predicted octanol–water partition coefficient (Wildman–Crippen LogP) is 3.84. The van der Waals surface area contributed by atoms with Gasteiger partial charge in [0.15, 0.2) is 5.58 Å². The van der Waals surface area contributed by atoms with E-state index in [9.17, 15) is 9.90 Å². The van der Waals surface area contributed by atoms with Crippen molar-refractivity contribution in [1.29, 1.82) is 0 Å². The molecule has 3 aromatic rings. The number of oxazole rings is 1. The number of benzene rings is 1. The van der Waals surface area contributed by atoms with Crippen LogP contribution in [0.5, 0.6) is 0 Å². The molecule has 0 atom stereocenters. The Morgan fingerprint density at radius 2 is 2.16 bits per heavy atom. The highest BCUT2D eigenvalue weighted by Gasteiger charge is 2.20. The van der Waals surface area contributed by atoms with Crippen molar-refractivity contribution < 1.29 is 14.3 Å². The van der Waals surface area contributed by atoms with E-state index in [-0.39, 0.29) is 6.42 Å². The first-order valence-electron chi connectivity index (χ1n) is 8.49. The molecule has 1 aliphatic carbocycles. The molecule has 6 heteroatoms. The first-order valence-corrected chi connectivity index (χ1v) is 8.49. The molecule has 128 valence electrons. The molecule has 1 fully saturated rings. The first-order chi connectivity index (χ1) is 12.2. The van der Waals surface area contributed by atoms with Crippen LogP contribution in [0.3, 0.4) is 0 Å². The van der Waals surface area contributed by atoms with Gasteiger partial charge in [-0.05, 0) is 43.0 Å². The third-order valence-corrected chi connectivity index (χ3v) is 4.64. The molecule has 0 aliphatic heterocycles. The third kappa shape index (κ3) is 3.33. The van der Waals surface area contributed by atoms with E-state index >= 15 is 0 Å². The van der Waals surface area contributed by atoms with E-state index < -0.39 is 5.97 Å². The summed E-state index contributed by atoms with van der Waals surface area (Å²) in [6, 6.07) is 9.31. The van der Waals surface area contributed by atoms with Gasteiger partial charge in [0.25, 0.3) is 0 Å². The lowest BCUT2D eigenvalue weighted by Crippen LogP contribution is -2.19. The Balaban J connectivity index is 1.70. The van der Waals surface area contributed by atoms with Crippen LogP contribution in [0.15, 0.2) is 40.9 Å². The van der Waals surface area contributed by atoms with Gasteiger partial charge in [-0.25, -0.2) is 4.98 Å². The van der Waals surface area contributed by atoms with Crippen molar-refractivity contribution in [3.8, 4) is 0 Å². The van der Waals surface area contributed by atoms with Crippen LogP contribution in [-0.2, 0) is 11.3 Å². The number of carboxylic acid groups (broad SMARTS) is 1. The van der Waals surface area contributed by atoms with E-state index in [1.54, 1.807) is 6.20 Å². The lowest BCUT2D eigenvalue weighted by molar-refractivity contribution is -0.135. The summed E-state index contributed by atoms with van der Waals surface area (Å²) >= 11 is 0. The van der Waals surface area contributed by atoms with Gasteiger partial charge in [0.05, 0.1) is 12.1 Å². The van der Waals surface area contributed by atoms with Crippen molar-refractivity contribution in [2.75, 3.05) is 0 Å². The molecule has 0 spiro atoms. The maximum Gasteiger partial charge on any atom is 0.308 e. The van der Waals surface area contributed by atoms with Crippen LogP contribution in [0, 0.1) is 5.92 Å². The van der Waals surface area contributed by atoms with E-state index in [2.05, 4.69) is 10.1 Å². The number of para-hydroxylation sites is 2. The maximum absolute atomic E-state index is 11.3. The maximum atomic E-state index is 11.3.